The Balaban J connectivity index is 1.62. The largest absolute Gasteiger partial charge is 0.399 e. The van der Waals surface area contributed by atoms with Crippen molar-refractivity contribution >= 4 is 23.0 Å². The van der Waals surface area contributed by atoms with E-state index in [1.54, 1.807) is 0 Å². The average Bonchev–Trinajstić information content (AvgIpc) is 2.36. The summed E-state index contributed by atoms with van der Waals surface area (Å²) < 4.78 is 0. The Hall–Kier alpha value is -0.930. The number of hydrogen-bond acceptors (Lipinski definition) is 3. The molecule has 3 nitrogen and oxygen atoms in total. The number of nitrogen functional groups attached to an aromatic ring is 1. The van der Waals surface area contributed by atoms with Gasteiger partial charge in [0.1, 0.15) is 0 Å². The molecule has 2 N–H and O–H groups in total. The highest BCUT2D eigenvalue weighted by Gasteiger charge is 2.46. The quantitative estimate of drug-likeness (QED) is 0.850. The number of rotatable bonds is 2. The Labute approximate surface area is 126 Å². The van der Waals surface area contributed by atoms with Gasteiger partial charge in [0.25, 0.3) is 0 Å². The maximum atomic E-state index is 6.32. The third-order valence-electron chi connectivity index (χ3n) is 5.20. The summed E-state index contributed by atoms with van der Waals surface area (Å²) in [6.45, 7) is 2.23. The lowest BCUT2D eigenvalue weighted by molar-refractivity contribution is 0.00490. The maximum absolute atomic E-state index is 6.32. The molecule has 1 spiro atoms. The van der Waals surface area contributed by atoms with Gasteiger partial charge in [0.15, 0.2) is 0 Å². The number of benzene rings is 1. The van der Waals surface area contributed by atoms with Gasteiger partial charge in [-0.15, -0.1) is 0 Å². The normalized spacial score (nSPS) is 22.3. The molecule has 0 aromatic heterocycles. The lowest BCUT2D eigenvalue weighted by atomic mass is 9.60. The van der Waals surface area contributed by atoms with Gasteiger partial charge in [0.05, 0.1) is 10.7 Å². The van der Waals surface area contributed by atoms with Gasteiger partial charge in [-0.25, -0.2) is 0 Å². The summed E-state index contributed by atoms with van der Waals surface area (Å²) in [4.78, 5) is 4.78. The minimum atomic E-state index is 0.603. The van der Waals surface area contributed by atoms with E-state index in [1.165, 1.54) is 25.7 Å². The van der Waals surface area contributed by atoms with Crippen LogP contribution in [0.25, 0.3) is 0 Å². The number of piperidine rings is 1. The molecule has 0 atom stereocenters. The van der Waals surface area contributed by atoms with Crippen LogP contribution in [-0.4, -0.2) is 38.1 Å². The Bertz CT molecular complexity index is 484. The molecule has 2 fully saturated rings. The average molecular weight is 294 g/mol. The van der Waals surface area contributed by atoms with Crippen LogP contribution < -0.4 is 10.6 Å². The zero-order chi connectivity index (χ0) is 14.3. The van der Waals surface area contributed by atoms with Crippen molar-refractivity contribution < 1.29 is 0 Å². The van der Waals surface area contributed by atoms with Crippen molar-refractivity contribution in [3.8, 4) is 0 Å². The van der Waals surface area contributed by atoms with Crippen LogP contribution >= 0.6 is 11.6 Å². The summed E-state index contributed by atoms with van der Waals surface area (Å²) in [7, 11) is 4.39. The minimum absolute atomic E-state index is 0.603. The number of hydrogen-bond donors (Lipinski definition) is 1. The molecule has 3 rings (SSSR count). The van der Waals surface area contributed by atoms with Crippen molar-refractivity contribution in [1.29, 1.82) is 0 Å². The van der Waals surface area contributed by atoms with Crippen LogP contribution in [-0.2, 0) is 0 Å². The van der Waals surface area contributed by atoms with Gasteiger partial charge < -0.3 is 15.5 Å². The van der Waals surface area contributed by atoms with Crippen molar-refractivity contribution in [1.82, 2.24) is 4.90 Å². The van der Waals surface area contributed by atoms with Gasteiger partial charge in [-0.3, -0.25) is 0 Å². The molecular weight excluding hydrogens is 270 g/mol. The first-order valence-electron chi connectivity index (χ1n) is 7.46. The molecular formula is C16H24ClN3. The van der Waals surface area contributed by atoms with Crippen molar-refractivity contribution in [2.45, 2.75) is 31.7 Å². The molecule has 1 aliphatic carbocycles. The van der Waals surface area contributed by atoms with E-state index in [0.717, 1.165) is 35.5 Å². The fourth-order valence-electron chi connectivity index (χ4n) is 3.71. The van der Waals surface area contributed by atoms with Crippen molar-refractivity contribution in [2.24, 2.45) is 5.41 Å². The summed E-state index contributed by atoms with van der Waals surface area (Å²) >= 11 is 6.32. The first-order valence-corrected chi connectivity index (χ1v) is 7.83. The molecule has 1 heterocycles. The van der Waals surface area contributed by atoms with E-state index in [9.17, 15) is 0 Å². The van der Waals surface area contributed by atoms with Crippen LogP contribution in [0.5, 0.6) is 0 Å². The molecule has 0 bridgehead atoms. The van der Waals surface area contributed by atoms with E-state index in [2.05, 4.69) is 30.0 Å². The minimum Gasteiger partial charge on any atom is -0.399 e. The number of nitrogens with zero attached hydrogens (tertiary/aromatic N) is 2. The predicted molar refractivity (Wildman–Crippen MR) is 86.5 cm³/mol. The Kier molecular flexibility index (Phi) is 3.59. The number of anilines is 2. The zero-order valence-corrected chi connectivity index (χ0v) is 13.2. The predicted octanol–water partition coefficient (Wildman–Crippen LogP) is 3.23. The molecule has 1 saturated carbocycles. The van der Waals surface area contributed by atoms with E-state index in [0.29, 0.717) is 5.41 Å². The van der Waals surface area contributed by atoms with Gasteiger partial charge in [-0.1, -0.05) is 11.6 Å². The van der Waals surface area contributed by atoms with E-state index >= 15 is 0 Å². The van der Waals surface area contributed by atoms with Gasteiger partial charge >= 0.3 is 0 Å². The highest BCUT2D eigenvalue weighted by atomic mass is 35.5. The number of halogens is 1. The summed E-state index contributed by atoms with van der Waals surface area (Å²) in [5, 5.41) is 0.778. The third kappa shape index (κ3) is 2.49. The molecule has 1 aromatic rings. The summed E-state index contributed by atoms with van der Waals surface area (Å²) in [5.74, 6) is 0. The van der Waals surface area contributed by atoms with Crippen LogP contribution in [0.15, 0.2) is 18.2 Å². The van der Waals surface area contributed by atoms with Gasteiger partial charge in [0.2, 0.25) is 0 Å². The summed E-state index contributed by atoms with van der Waals surface area (Å²) in [5.41, 5.74) is 8.24. The standard InChI is InChI=1S/C16H24ClN3/c1-19(2)13-10-16(11-13)5-7-20(8-6-16)15-4-3-12(18)9-14(15)17/h3-4,9,13H,5-8,10-11,18H2,1-2H3. The van der Waals surface area contributed by atoms with E-state index in [1.807, 2.05) is 12.1 Å². The topological polar surface area (TPSA) is 32.5 Å². The maximum Gasteiger partial charge on any atom is 0.0660 e. The zero-order valence-electron chi connectivity index (χ0n) is 12.4. The van der Waals surface area contributed by atoms with Gasteiger partial charge in [-0.05, 0) is 63.4 Å². The molecule has 1 aliphatic heterocycles. The number of nitrogens with two attached hydrogens (primary N) is 1. The fraction of sp³-hybridized carbons (Fsp3) is 0.625. The van der Waals surface area contributed by atoms with Crippen LogP contribution in [0.3, 0.4) is 0 Å². The molecule has 2 aliphatic rings. The SMILES string of the molecule is CN(C)C1CC2(CCN(c3ccc(N)cc3Cl)CC2)C1. The van der Waals surface area contributed by atoms with E-state index in [-0.39, 0.29) is 0 Å². The fourth-order valence-corrected chi connectivity index (χ4v) is 4.02. The second-order valence-corrected chi connectivity index (χ2v) is 7.13. The molecule has 110 valence electrons. The lowest BCUT2D eigenvalue weighted by Gasteiger charge is -2.54. The van der Waals surface area contributed by atoms with Crippen molar-refractivity contribution in [2.75, 3.05) is 37.8 Å². The lowest BCUT2D eigenvalue weighted by Crippen LogP contribution is -2.53. The first kappa shape index (κ1) is 14.0. The second-order valence-electron chi connectivity index (χ2n) is 6.72. The highest BCUT2D eigenvalue weighted by molar-refractivity contribution is 6.33. The molecule has 0 unspecified atom stereocenters. The molecule has 4 heteroatoms. The van der Waals surface area contributed by atoms with Crippen LogP contribution in [0.2, 0.25) is 5.02 Å². The van der Waals surface area contributed by atoms with Crippen molar-refractivity contribution in [3.63, 3.8) is 0 Å². The summed E-state index contributed by atoms with van der Waals surface area (Å²) in [6, 6.07) is 6.64. The molecule has 1 aromatic carbocycles. The van der Waals surface area contributed by atoms with Gasteiger partial charge in [0, 0.05) is 24.8 Å². The second kappa shape index (κ2) is 5.12. The molecule has 20 heavy (non-hydrogen) atoms. The Morgan fingerprint density at radius 2 is 1.90 bits per heavy atom. The Morgan fingerprint density at radius 1 is 1.25 bits per heavy atom. The third-order valence-corrected chi connectivity index (χ3v) is 5.51. The van der Waals surface area contributed by atoms with Crippen molar-refractivity contribution in [3.05, 3.63) is 23.2 Å². The van der Waals surface area contributed by atoms with Crippen LogP contribution in [0, 0.1) is 5.41 Å². The van der Waals surface area contributed by atoms with Crippen LogP contribution in [0.4, 0.5) is 11.4 Å². The van der Waals surface area contributed by atoms with E-state index < -0.39 is 0 Å². The van der Waals surface area contributed by atoms with Crippen LogP contribution in [0.1, 0.15) is 25.7 Å². The van der Waals surface area contributed by atoms with E-state index in [4.69, 9.17) is 17.3 Å². The molecule has 0 amide bonds. The summed E-state index contributed by atoms with van der Waals surface area (Å²) in [6.07, 6.45) is 5.31. The monoisotopic (exact) mass is 293 g/mol. The Morgan fingerprint density at radius 3 is 2.45 bits per heavy atom. The highest BCUT2D eigenvalue weighted by Crippen LogP contribution is 2.51. The smallest absolute Gasteiger partial charge is 0.0660 e. The first-order chi connectivity index (χ1) is 9.49. The van der Waals surface area contributed by atoms with Gasteiger partial charge in [-0.2, -0.15) is 0 Å². The molecule has 1 saturated heterocycles. The molecule has 0 radical (unpaired) electrons.